The fourth-order valence-electron chi connectivity index (χ4n) is 4.90. The van der Waals surface area contributed by atoms with Gasteiger partial charge in [-0.2, -0.15) is 0 Å². The molecule has 2 aliphatic carbocycles. The summed E-state index contributed by atoms with van der Waals surface area (Å²) in [5.74, 6) is -0.108. The van der Waals surface area contributed by atoms with E-state index in [4.69, 9.17) is 0 Å². The van der Waals surface area contributed by atoms with E-state index in [0.717, 1.165) is 19.3 Å². The van der Waals surface area contributed by atoms with Crippen molar-refractivity contribution >= 4 is 17.4 Å². The molecule has 0 saturated heterocycles. The summed E-state index contributed by atoms with van der Waals surface area (Å²) in [5, 5.41) is 0. The van der Waals surface area contributed by atoms with Crippen LogP contribution in [0.5, 0.6) is 5.75 Å². The largest absolute Gasteiger partial charge is 0.573 e. The average molecular weight is 381 g/mol. The van der Waals surface area contributed by atoms with E-state index in [2.05, 4.69) is 4.74 Å². The molecular formula is C20H22F3NO3. The Balaban J connectivity index is 1.54. The molecule has 0 aromatic heterocycles. The molecule has 2 saturated carbocycles. The maximum atomic E-state index is 13.2. The average Bonchev–Trinajstić information content (AvgIpc) is 2.59. The number of hydrogen-bond donors (Lipinski definition) is 0. The molecule has 4 rings (SSSR count). The molecule has 0 N–H and O–H groups in total. The van der Waals surface area contributed by atoms with E-state index in [1.165, 1.54) is 12.1 Å². The zero-order valence-corrected chi connectivity index (χ0v) is 14.9. The van der Waals surface area contributed by atoms with Crippen molar-refractivity contribution in [2.45, 2.75) is 51.3 Å². The fourth-order valence-corrected chi connectivity index (χ4v) is 4.90. The normalized spacial score (nSPS) is 27.9. The van der Waals surface area contributed by atoms with Crippen molar-refractivity contribution in [3.63, 3.8) is 0 Å². The number of ether oxygens (including phenoxy) is 1. The van der Waals surface area contributed by atoms with Crippen LogP contribution in [0.4, 0.5) is 18.9 Å². The Morgan fingerprint density at radius 2 is 1.81 bits per heavy atom. The lowest BCUT2D eigenvalue weighted by Gasteiger charge is -2.40. The second-order valence-corrected chi connectivity index (χ2v) is 7.83. The van der Waals surface area contributed by atoms with E-state index in [1.807, 2.05) is 0 Å². The standard InChI is InChI=1S/C20H22F3NO3/c21-20(22,23)27-16-6-7-17-12(11-16)5-2-8-24(17)19(26)15-9-13-3-1-4-14(10-15)18(13)25/h6-7,11,13-15H,1-5,8-10H2. The molecule has 1 aliphatic heterocycles. The molecule has 146 valence electrons. The molecule has 4 nitrogen and oxygen atoms in total. The van der Waals surface area contributed by atoms with Crippen LogP contribution in [0.1, 0.15) is 44.1 Å². The number of amides is 1. The van der Waals surface area contributed by atoms with E-state index in [1.54, 1.807) is 11.0 Å². The number of fused-ring (bicyclic) bond motifs is 3. The molecule has 27 heavy (non-hydrogen) atoms. The highest BCUT2D eigenvalue weighted by molar-refractivity contribution is 5.98. The zero-order chi connectivity index (χ0) is 19.2. The van der Waals surface area contributed by atoms with Gasteiger partial charge in [0.05, 0.1) is 0 Å². The number of carbonyl (C=O) groups is 2. The smallest absolute Gasteiger partial charge is 0.406 e. The lowest BCUT2D eigenvalue weighted by Crippen LogP contribution is -2.45. The van der Waals surface area contributed by atoms with Crippen LogP contribution in [0.25, 0.3) is 0 Å². The number of hydrogen-bond acceptors (Lipinski definition) is 3. The molecule has 1 aromatic rings. The zero-order valence-electron chi connectivity index (χ0n) is 14.9. The van der Waals surface area contributed by atoms with Crippen LogP contribution in [0.2, 0.25) is 0 Å². The van der Waals surface area contributed by atoms with E-state index in [9.17, 15) is 22.8 Å². The van der Waals surface area contributed by atoms with Gasteiger partial charge in [-0.05, 0) is 62.3 Å². The monoisotopic (exact) mass is 381 g/mol. The summed E-state index contributed by atoms with van der Waals surface area (Å²) in [6.07, 6.45) is 0.586. The molecule has 3 aliphatic rings. The number of alkyl halides is 3. The molecule has 2 atom stereocenters. The van der Waals surface area contributed by atoms with Crippen LogP contribution in [-0.2, 0) is 16.0 Å². The van der Waals surface area contributed by atoms with Gasteiger partial charge in [0, 0.05) is 30.0 Å². The number of Topliss-reactive ketones (excluding diaryl/α,β-unsaturated/α-hetero) is 1. The van der Waals surface area contributed by atoms with Gasteiger partial charge in [-0.25, -0.2) is 0 Å². The lowest BCUT2D eigenvalue weighted by molar-refractivity contribution is -0.274. The van der Waals surface area contributed by atoms with Crippen LogP contribution in [0, 0.1) is 17.8 Å². The lowest BCUT2D eigenvalue weighted by atomic mass is 9.67. The topological polar surface area (TPSA) is 46.6 Å². The highest BCUT2D eigenvalue weighted by atomic mass is 19.4. The minimum atomic E-state index is -4.73. The Hall–Kier alpha value is -2.05. The van der Waals surface area contributed by atoms with Crippen molar-refractivity contribution in [1.82, 2.24) is 0 Å². The minimum Gasteiger partial charge on any atom is -0.406 e. The molecule has 1 amide bonds. The first-order valence-electron chi connectivity index (χ1n) is 9.55. The van der Waals surface area contributed by atoms with Crippen molar-refractivity contribution in [1.29, 1.82) is 0 Å². The van der Waals surface area contributed by atoms with Crippen molar-refractivity contribution in [3.05, 3.63) is 23.8 Å². The van der Waals surface area contributed by atoms with Crippen LogP contribution in [0.15, 0.2) is 18.2 Å². The maximum Gasteiger partial charge on any atom is 0.573 e. The quantitative estimate of drug-likeness (QED) is 0.769. The first kappa shape index (κ1) is 18.3. The number of benzene rings is 1. The molecule has 0 spiro atoms. The van der Waals surface area contributed by atoms with Gasteiger partial charge in [-0.3, -0.25) is 9.59 Å². The molecule has 1 aromatic carbocycles. The third kappa shape index (κ3) is 3.69. The van der Waals surface area contributed by atoms with E-state index < -0.39 is 6.36 Å². The predicted octanol–water partition coefficient (Wildman–Crippen LogP) is 4.26. The van der Waals surface area contributed by atoms with Crippen LogP contribution >= 0.6 is 0 Å². The highest BCUT2D eigenvalue weighted by Gasteiger charge is 2.43. The third-order valence-corrected chi connectivity index (χ3v) is 6.07. The van der Waals surface area contributed by atoms with Gasteiger partial charge < -0.3 is 9.64 Å². The molecule has 0 radical (unpaired) electrons. The first-order valence-corrected chi connectivity index (χ1v) is 9.55. The van der Waals surface area contributed by atoms with Gasteiger partial charge in [0.15, 0.2) is 0 Å². The number of halogens is 3. The second kappa shape index (κ2) is 6.84. The van der Waals surface area contributed by atoms with Gasteiger partial charge in [0.25, 0.3) is 0 Å². The molecule has 2 unspecified atom stereocenters. The fraction of sp³-hybridized carbons (Fsp3) is 0.600. The minimum absolute atomic E-state index is 0.00160. The number of ketones is 1. The van der Waals surface area contributed by atoms with Gasteiger partial charge in [-0.1, -0.05) is 6.42 Å². The summed E-state index contributed by atoms with van der Waals surface area (Å²) in [6, 6.07) is 4.18. The number of aryl methyl sites for hydroxylation is 1. The van der Waals surface area contributed by atoms with Crippen LogP contribution in [0.3, 0.4) is 0 Å². The van der Waals surface area contributed by atoms with Crippen molar-refractivity contribution in [2.75, 3.05) is 11.4 Å². The van der Waals surface area contributed by atoms with Crippen LogP contribution in [-0.4, -0.2) is 24.6 Å². The van der Waals surface area contributed by atoms with E-state index >= 15 is 0 Å². The van der Waals surface area contributed by atoms with Crippen LogP contribution < -0.4 is 9.64 Å². The van der Waals surface area contributed by atoms with Gasteiger partial charge in [-0.15, -0.1) is 13.2 Å². The van der Waals surface area contributed by atoms with Gasteiger partial charge in [0.2, 0.25) is 5.91 Å². The SMILES string of the molecule is O=C1C2CCCC1CC(C(=O)N1CCCc3cc(OC(F)(F)F)ccc31)C2. The molecule has 2 fully saturated rings. The van der Waals surface area contributed by atoms with E-state index in [-0.39, 0.29) is 29.4 Å². The Morgan fingerprint density at radius 1 is 1.11 bits per heavy atom. The predicted molar refractivity (Wildman–Crippen MR) is 92.4 cm³/mol. The Kier molecular flexibility index (Phi) is 4.64. The van der Waals surface area contributed by atoms with Crippen molar-refractivity contribution in [3.8, 4) is 5.75 Å². The number of nitrogens with zero attached hydrogens (tertiary/aromatic N) is 1. The molecular weight excluding hydrogens is 359 g/mol. The van der Waals surface area contributed by atoms with Crippen molar-refractivity contribution < 1.29 is 27.5 Å². The second-order valence-electron chi connectivity index (χ2n) is 7.83. The number of rotatable bonds is 2. The summed E-state index contributed by atoms with van der Waals surface area (Å²) in [6.45, 7) is 0.561. The summed E-state index contributed by atoms with van der Waals surface area (Å²) in [4.78, 5) is 27.1. The van der Waals surface area contributed by atoms with Gasteiger partial charge >= 0.3 is 6.36 Å². The van der Waals surface area contributed by atoms with E-state index in [0.29, 0.717) is 49.3 Å². The Bertz CT molecular complexity index is 745. The Morgan fingerprint density at radius 3 is 2.48 bits per heavy atom. The summed E-state index contributed by atoms with van der Waals surface area (Å²) in [7, 11) is 0. The summed E-state index contributed by atoms with van der Waals surface area (Å²) >= 11 is 0. The Labute approximate surface area is 155 Å². The highest BCUT2D eigenvalue weighted by Crippen LogP contribution is 2.42. The summed E-state index contributed by atoms with van der Waals surface area (Å²) in [5.41, 5.74) is 1.37. The number of anilines is 1. The molecule has 7 heteroatoms. The third-order valence-electron chi connectivity index (χ3n) is 6.07. The van der Waals surface area contributed by atoms with Gasteiger partial charge in [0.1, 0.15) is 11.5 Å². The summed E-state index contributed by atoms with van der Waals surface area (Å²) < 4.78 is 41.4. The molecule has 1 heterocycles. The first-order chi connectivity index (χ1) is 12.8. The van der Waals surface area contributed by atoms with Crippen molar-refractivity contribution in [2.24, 2.45) is 17.8 Å². The molecule has 2 bridgehead atoms. The maximum absolute atomic E-state index is 13.2. The number of carbonyl (C=O) groups excluding carboxylic acids is 2.